The van der Waals surface area contributed by atoms with E-state index in [1.165, 1.54) is 0 Å². The summed E-state index contributed by atoms with van der Waals surface area (Å²) in [6.07, 6.45) is 4.50. The maximum atomic E-state index is 8.62. The van der Waals surface area contributed by atoms with Crippen LogP contribution >= 0.6 is 0 Å². The van der Waals surface area contributed by atoms with Gasteiger partial charge in [-0.25, -0.2) is 0 Å². The summed E-state index contributed by atoms with van der Waals surface area (Å²) in [6, 6.07) is 4.18. The highest BCUT2D eigenvalue weighted by molar-refractivity contribution is 4.99. The minimum Gasteiger partial charge on any atom is -0.198 e. The lowest BCUT2D eigenvalue weighted by molar-refractivity contribution is 0.540. The molecule has 0 aliphatic carbocycles. The molecule has 0 aliphatic rings. The van der Waals surface area contributed by atoms with Crippen LogP contribution in [0.15, 0.2) is 12.2 Å². The van der Waals surface area contributed by atoms with Crippen LogP contribution in [-0.2, 0) is 0 Å². The van der Waals surface area contributed by atoms with Gasteiger partial charge in [0.1, 0.15) is 0 Å². The molecule has 0 spiro atoms. The SMILES string of the molecule is CC=CCC(C#N)C(C)C#N. The molecular formula is C9H12N2. The Bertz CT molecular complexity index is 205. The normalized spacial score (nSPS) is 15.3. The molecule has 11 heavy (non-hydrogen) atoms. The van der Waals surface area contributed by atoms with E-state index in [4.69, 9.17) is 10.5 Å². The van der Waals surface area contributed by atoms with Gasteiger partial charge in [0.05, 0.1) is 24.0 Å². The van der Waals surface area contributed by atoms with E-state index in [9.17, 15) is 0 Å². The van der Waals surface area contributed by atoms with Gasteiger partial charge in [-0.2, -0.15) is 10.5 Å². The average molecular weight is 148 g/mol. The van der Waals surface area contributed by atoms with Crippen molar-refractivity contribution >= 4 is 0 Å². The number of nitriles is 2. The van der Waals surface area contributed by atoms with Gasteiger partial charge >= 0.3 is 0 Å². The number of nitrogens with zero attached hydrogens (tertiary/aromatic N) is 2. The third-order valence-electron chi connectivity index (χ3n) is 1.60. The minimum atomic E-state index is -0.170. The first kappa shape index (κ1) is 9.72. The topological polar surface area (TPSA) is 47.6 Å². The Morgan fingerprint density at radius 1 is 1.36 bits per heavy atom. The van der Waals surface area contributed by atoms with Crippen LogP contribution in [0.3, 0.4) is 0 Å². The Morgan fingerprint density at radius 2 is 2.00 bits per heavy atom. The van der Waals surface area contributed by atoms with Gasteiger partial charge in [0.25, 0.3) is 0 Å². The molecular weight excluding hydrogens is 136 g/mol. The molecule has 0 radical (unpaired) electrons. The van der Waals surface area contributed by atoms with E-state index in [1.807, 2.05) is 19.1 Å². The molecule has 0 saturated carbocycles. The zero-order valence-corrected chi connectivity index (χ0v) is 6.91. The minimum absolute atomic E-state index is 0.156. The highest BCUT2D eigenvalue weighted by Crippen LogP contribution is 2.13. The number of hydrogen-bond acceptors (Lipinski definition) is 2. The lowest BCUT2D eigenvalue weighted by Gasteiger charge is -2.06. The highest BCUT2D eigenvalue weighted by Gasteiger charge is 2.13. The Kier molecular flexibility index (Phi) is 4.86. The van der Waals surface area contributed by atoms with Gasteiger partial charge in [0, 0.05) is 0 Å². The summed E-state index contributed by atoms with van der Waals surface area (Å²) in [5.41, 5.74) is 0. The molecule has 0 heterocycles. The largest absolute Gasteiger partial charge is 0.198 e. The van der Waals surface area contributed by atoms with Crippen LogP contribution in [0.25, 0.3) is 0 Å². The van der Waals surface area contributed by atoms with Gasteiger partial charge in [-0.05, 0) is 20.3 Å². The van der Waals surface area contributed by atoms with E-state index in [-0.39, 0.29) is 11.8 Å². The zero-order valence-electron chi connectivity index (χ0n) is 6.91. The van der Waals surface area contributed by atoms with Gasteiger partial charge in [-0.3, -0.25) is 0 Å². The van der Waals surface area contributed by atoms with Crippen molar-refractivity contribution in [3.63, 3.8) is 0 Å². The van der Waals surface area contributed by atoms with Crippen molar-refractivity contribution in [3.05, 3.63) is 12.2 Å². The summed E-state index contributed by atoms with van der Waals surface area (Å²) in [5.74, 6) is -0.326. The molecule has 2 nitrogen and oxygen atoms in total. The maximum Gasteiger partial charge on any atom is 0.0672 e. The second kappa shape index (κ2) is 5.50. The smallest absolute Gasteiger partial charge is 0.0672 e. The van der Waals surface area contributed by atoms with Gasteiger partial charge < -0.3 is 0 Å². The van der Waals surface area contributed by atoms with Crippen molar-refractivity contribution in [3.8, 4) is 12.1 Å². The average Bonchev–Trinajstić information content (AvgIpc) is 2.05. The van der Waals surface area contributed by atoms with Crippen molar-refractivity contribution in [2.45, 2.75) is 20.3 Å². The van der Waals surface area contributed by atoms with E-state index >= 15 is 0 Å². The fraction of sp³-hybridized carbons (Fsp3) is 0.556. The number of rotatable bonds is 3. The molecule has 0 aromatic carbocycles. The van der Waals surface area contributed by atoms with E-state index in [2.05, 4.69) is 12.1 Å². The third-order valence-corrected chi connectivity index (χ3v) is 1.60. The molecule has 0 aliphatic heterocycles. The molecule has 0 aromatic rings. The van der Waals surface area contributed by atoms with E-state index in [0.29, 0.717) is 6.42 Å². The van der Waals surface area contributed by atoms with Crippen LogP contribution in [0.5, 0.6) is 0 Å². The number of hydrogen-bond donors (Lipinski definition) is 0. The van der Waals surface area contributed by atoms with Crippen LogP contribution in [0.4, 0.5) is 0 Å². The maximum absolute atomic E-state index is 8.62. The lowest BCUT2D eigenvalue weighted by Crippen LogP contribution is -2.05. The predicted molar refractivity (Wildman–Crippen MR) is 43.3 cm³/mol. The van der Waals surface area contributed by atoms with E-state index < -0.39 is 0 Å². The second-order valence-corrected chi connectivity index (χ2v) is 2.46. The quantitative estimate of drug-likeness (QED) is 0.576. The van der Waals surface area contributed by atoms with Crippen molar-refractivity contribution in [2.75, 3.05) is 0 Å². The molecule has 0 amide bonds. The monoisotopic (exact) mass is 148 g/mol. The van der Waals surface area contributed by atoms with Crippen LogP contribution in [0.1, 0.15) is 20.3 Å². The van der Waals surface area contributed by atoms with Gasteiger partial charge in [-0.15, -0.1) is 0 Å². The van der Waals surface area contributed by atoms with Crippen molar-refractivity contribution in [2.24, 2.45) is 11.8 Å². The molecule has 0 saturated heterocycles. The van der Waals surface area contributed by atoms with E-state index in [0.717, 1.165) is 0 Å². The first-order valence-corrected chi connectivity index (χ1v) is 3.66. The van der Waals surface area contributed by atoms with Gasteiger partial charge in [0.2, 0.25) is 0 Å². The summed E-state index contributed by atoms with van der Waals surface area (Å²) >= 11 is 0. The Labute approximate surface area is 67.8 Å². The fourth-order valence-corrected chi connectivity index (χ4v) is 0.741. The summed E-state index contributed by atoms with van der Waals surface area (Å²) in [5, 5.41) is 17.1. The molecule has 0 N–H and O–H groups in total. The second-order valence-electron chi connectivity index (χ2n) is 2.46. The molecule has 2 heteroatoms. The standard InChI is InChI=1S/C9H12N2/c1-3-4-5-9(7-11)8(2)6-10/h3-4,8-9H,5H2,1-2H3. The molecule has 58 valence electrons. The van der Waals surface area contributed by atoms with Gasteiger partial charge in [0.15, 0.2) is 0 Å². The summed E-state index contributed by atoms with van der Waals surface area (Å²) in [6.45, 7) is 3.68. The van der Waals surface area contributed by atoms with Crippen LogP contribution in [0.2, 0.25) is 0 Å². The molecule has 0 fully saturated rings. The Morgan fingerprint density at radius 3 is 2.36 bits per heavy atom. The molecule has 0 aromatic heterocycles. The molecule has 2 unspecified atom stereocenters. The van der Waals surface area contributed by atoms with Crippen molar-refractivity contribution in [1.29, 1.82) is 10.5 Å². The first-order valence-electron chi connectivity index (χ1n) is 3.66. The Balaban J connectivity index is 4.00. The number of allylic oxidation sites excluding steroid dienone is 2. The van der Waals surface area contributed by atoms with E-state index in [1.54, 1.807) is 6.92 Å². The molecule has 2 atom stereocenters. The van der Waals surface area contributed by atoms with Crippen molar-refractivity contribution < 1.29 is 0 Å². The lowest BCUT2D eigenvalue weighted by atomic mass is 9.94. The highest BCUT2D eigenvalue weighted by atomic mass is 14.3. The Hall–Kier alpha value is -1.28. The zero-order chi connectivity index (χ0) is 8.69. The third kappa shape index (κ3) is 3.43. The predicted octanol–water partition coefficient (Wildman–Crippen LogP) is 2.25. The van der Waals surface area contributed by atoms with Crippen LogP contribution in [-0.4, -0.2) is 0 Å². The van der Waals surface area contributed by atoms with Gasteiger partial charge in [-0.1, -0.05) is 12.2 Å². The first-order chi connectivity index (χ1) is 5.26. The molecule has 0 rings (SSSR count). The van der Waals surface area contributed by atoms with Crippen LogP contribution < -0.4 is 0 Å². The summed E-state index contributed by atoms with van der Waals surface area (Å²) in [4.78, 5) is 0. The van der Waals surface area contributed by atoms with Crippen molar-refractivity contribution in [1.82, 2.24) is 0 Å². The molecule has 0 bridgehead atoms. The summed E-state index contributed by atoms with van der Waals surface area (Å²) in [7, 11) is 0. The van der Waals surface area contributed by atoms with Crippen LogP contribution in [0, 0.1) is 34.5 Å². The summed E-state index contributed by atoms with van der Waals surface area (Å²) < 4.78 is 0. The fourth-order valence-electron chi connectivity index (χ4n) is 0.741.